The minimum Gasteiger partial charge on any atom is -0.497 e. The van der Waals surface area contributed by atoms with E-state index in [9.17, 15) is 4.79 Å². The normalized spacial score (nSPS) is 13.5. The summed E-state index contributed by atoms with van der Waals surface area (Å²) in [5, 5.41) is 8.55. The molecule has 0 spiro atoms. The van der Waals surface area contributed by atoms with Crippen molar-refractivity contribution in [1.29, 1.82) is 0 Å². The number of amides is 1. The van der Waals surface area contributed by atoms with Crippen LogP contribution >= 0.6 is 0 Å². The number of benzene rings is 1. The maximum absolute atomic E-state index is 13.2. The fraction of sp³-hybridized carbons (Fsp3) is 0.227. The SMILES string of the molecule is COc1ccc2c(c1)CCN(C(=O)c1ccc3nnc(-c4cccn4C)n3c1)C2. The average Bonchev–Trinajstić information content (AvgIpc) is 3.37. The van der Waals surface area contributed by atoms with Crippen LogP contribution in [0, 0.1) is 0 Å². The highest BCUT2D eigenvalue weighted by Gasteiger charge is 2.23. The number of carbonyl (C=O) groups excluding carboxylic acids is 1. The van der Waals surface area contributed by atoms with Crippen LogP contribution in [0.15, 0.2) is 54.9 Å². The molecule has 29 heavy (non-hydrogen) atoms. The van der Waals surface area contributed by atoms with E-state index in [2.05, 4.69) is 16.3 Å². The van der Waals surface area contributed by atoms with E-state index in [1.807, 2.05) is 69.7 Å². The summed E-state index contributed by atoms with van der Waals surface area (Å²) in [6.45, 7) is 1.28. The van der Waals surface area contributed by atoms with Gasteiger partial charge in [0.15, 0.2) is 11.5 Å². The zero-order chi connectivity index (χ0) is 20.0. The van der Waals surface area contributed by atoms with Gasteiger partial charge in [0.05, 0.1) is 18.4 Å². The summed E-state index contributed by atoms with van der Waals surface area (Å²) in [6.07, 6.45) is 4.62. The Kier molecular flexibility index (Phi) is 4.08. The van der Waals surface area contributed by atoms with Crippen molar-refractivity contribution in [3.63, 3.8) is 0 Å². The highest BCUT2D eigenvalue weighted by Crippen LogP contribution is 2.25. The summed E-state index contributed by atoms with van der Waals surface area (Å²) in [6, 6.07) is 13.7. The molecule has 1 aliphatic rings. The molecule has 1 amide bonds. The van der Waals surface area contributed by atoms with Crippen LogP contribution in [0.2, 0.25) is 0 Å². The Labute approximate surface area is 168 Å². The number of carbonyl (C=O) groups is 1. The van der Waals surface area contributed by atoms with Gasteiger partial charge in [0, 0.05) is 32.5 Å². The minimum absolute atomic E-state index is 0.0138. The number of rotatable bonds is 3. The van der Waals surface area contributed by atoms with Crippen LogP contribution in [0.1, 0.15) is 21.5 Å². The van der Waals surface area contributed by atoms with Gasteiger partial charge >= 0.3 is 0 Å². The van der Waals surface area contributed by atoms with Crippen LogP contribution in [0.5, 0.6) is 5.75 Å². The molecule has 3 aromatic heterocycles. The molecule has 7 nitrogen and oxygen atoms in total. The van der Waals surface area contributed by atoms with Crippen LogP contribution in [0.3, 0.4) is 0 Å². The molecule has 0 bridgehead atoms. The first-order valence-corrected chi connectivity index (χ1v) is 9.55. The summed E-state index contributed by atoms with van der Waals surface area (Å²) in [5.74, 6) is 1.59. The average molecular weight is 387 g/mol. The van der Waals surface area contributed by atoms with Gasteiger partial charge < -0.3 is 14.2 Å². The van der Waals surface area contributed by atoms with Gasteiger partial charge in [-0.05, 0) is 53.9 Å². The van der Waals surface area contributed by atoms with Crippen molar-refractivity contribution in [2.24, 2.45) is 7.05 Å². The van der Waals surface area contributed by atoms with E-state index in [0.29, 0.717) is 24.3 Å². The van der Waals surface area contributed by atoms with E-state index >= 15 is 0 Å². The Morgan fingerprint density at radius 3 is 2.79 bits per heavy atom. The van der Waals surface area contributed by atoms with Crippen LogP contribution < -0.4 is 4.74 Å². The molecular weight excluding hydrogens is 366 g/mol. The lowest BCUT2D eigenvalue weighted by atomic mass is 9.99. The van der Waals surface area contributed by atoms with Crippen molar-refractivity contribution in [3.05, 3.63) is 71.5 Å². The summed E-state index contributed by atoms with van der Waals surface area (Å²) in [5.41, 5.74) is 4.70. The van der Waals surface area contributed by atoms with Gasteiger partial charge in [-0.2, -0.15) is 0 Å². The van der Waals surface area contributed by atoms with E-state index in [0.717, 1.165) is 23.7 Å². The zero-order valence-electron chi connectivity index (χ0n) is 16.4. The van der Waals surface area contributed by atoms with Crippen molar-refractivity contribution in [2.75, 3.05) is 13.7 Å². The third-order valence-electron chi connectivity index (χ3n) is 5.54. The van der Waals surface area contributed by atoms with E-state index in [4.69, 9.17) is 4.74 Å². The maximum Gasteiger partial charge on any atom is 0.255 e. The highest BCUT2D eigenvalue weighted by atomic mass is 16.5. The van der Waals surface area contributed by atoms with Crippen LogP contribution in [-0.4, -0.2) is 43.6 Å². The second kappa shape index (κ2) is 6.77. The van der Waals surface area contributed by atoms with Crippen molar-refractivity contribution >= 4 is 11.6 Å². The van der Waals surface area contributed by atoms with Crippen molar-refractivity contribution in [3.8, 4) is 17.3 Å². The second-order valence-electron chi connectivity index (χ2n) is 7.29. The third kappa shape index (κ3) is 2.95. The Bertz CT molecular complexity index is 1220. The molecule has 4 aromatic rings. The first-order chi connectivity index (χ1) is 14.1. The monoisotopic (exact) mass is 387 g/mol. The van der Waals surface area contributed by atoms with E-state index in [-0.39, 0.29) is 5.91 Å². The van der Waals surface area contributed by atoms with Gasteiger partial charge in [0.1, 0.15) is 5.75 Å². The number of methoxy groups -OCH3 is 1. The predicted octanol–water partition coefficient (Wildman–Crippen LogP) is 2.94. The molecule has 0 fully saturated rings. The number of aryl methyl sites for hydroxylation is 1. The first kappa shape index (κ1) is 17.5. The molecule has 0 N–H and O–H groups in total. The largest absolute Gasteiger partial charge is 0.497 e. The lowest BCUT2D eigenvalue weighted by Gasteiger charge is -2.29. The molecule has 5 rings (SSSR count). The van der Waals surface area contributed by atoms with E-state index in [1.54, 1.807) is 7.11 Å². The van der Waals surface area contributed by atoms with Crippen molar-refractivity contribution < 1.29 is 9.53 Å². The quantitative estimate of drug-likeness (QED) is 0.542. The van der Waals surface area contributed by atoms with Gasteiger partial charge in [-0.3, -0.25) is 9.20 Å². The number of hydrogen-bond donors (Lipinski definition) is 0. The smallest absolute Gasteiger partial charge is 0.255 e. The number of pyridine rings is 1. The summed E-state index contributed by atoms with van der Waals surface area (Å²) in [7, 11) is 3.64. The third-order valence-corrected chi connectivity index (χ3v) is 5.54. The van der Waals surface area contributed by atoms with Gasteiger partial charge in [0.25, 0.3) is 5.91 Å². The molecule has 0 unspecified atom stereocenters. The summed E-state index contributed by atoms with van der Waals surface area (Å²) < 4.78 is 9.18. The molecule has 146 valence electrons. The molecule has 0 saturated heterocycles. The molecule has 0 atom stereocenters. The highest BCUT2D eigenvalue weighted by molar-refractivity contribution is 5.94. The van der Waals surface area contributed by atoms with Gasteiger partial charge in [0.2, 0.25) is 0 Å². The molecule has 1 aliphatic heterocycles. The number of aromatic nitrogens is 4. The van der Waals surface area contributed by atoms with Crippen LogP contribution in [0.25, 0.3) is 17.2 Å². The maximum atomic E-state index is 13.2. The Morgan fingerprint density at radius 1 is 1.10 bits per heavy atom. The number of ether oxygens (including phenoxy) is 1. The molecule has 4 heterocycles. The number of nitrogens with zero attached hydrogens (tertiary/aromatic N) is 5. The van der Waals surface area contributed by atoms with Crippen molar-refractivity contribution in [2.45, 2.75) is 13.0 Å². The predicted molar refractivity (Wildman–Crippen MR) is 109 cm³/mol. The fourth-order valence-electron chi connectivity index (χ4n) is 3.90. The fourth-order valence-corrected chi connectivity index (χ4v) is 3.90. The summed E-state index contributed by atoms with van der Waals surface area (Å²) in [4.78, 5) is 15.1. The van der Waals surface area contributed by atoms with Gasteiger partial charge in [-0.25, -0.2) is 0 Å². The Balaban J connectivity index is 1.46. The number of fused-ring (bicyclic) bond motifs is 2. The van der Waals surface area contributed by atoms with Crippen molar-refractivity contribution in [1.82, 2.24) is 24.1 Å². The first-order valence-electron chi connectivity index (χ1n) is 9.55. The molecule has 1 aromatic carbocycles. The number of hydrogen-bond acceptors (Lipinski definition) is 4. The van der Waals surface area contributed by atoms with Gasteiger partial charge in [-0.1, -0.05) is 6.07 Å². The molecular formula is C22H21N5O2. The Hall–Kier alpha value is -3.61. The van der Waals surface area contributed by atoms with E-state index in [1.165, 1.54) is 11.1 Å². The van der Waals surface area contributed by atoms with Crippen LogP contribution in [0.4, 0.5) is 0 Å². The van der Waals surface area contributed by atoms with Gasteiger partial charge in [-0.15, -0.1) is 10.2 Å². The summed E-state index contributed by atoms with van der Waals surface area (Å²) >= 11 is 0. The lowest BCUT2D eigenvalue weighted by Crippen LogP contribution is -2.36. The molecule has 0 radical (unpaired) electrons. The zero-order valence-corrected chi connectivity index (χ0v) is 16.4. The minimum atomic E-state index is 0.0138. The molecule has 7 heteroatoms. The van der Waals surface area contributed by atoms with E-state index < -0.39 is 0 Å². The standard InChI is InChI=1S/C22H21N5O2/c1-25-10-3-4-19(25)21-24-23-20-8-6-17(14-27(20)21)22(28)26-11-9-15-12-18(29-2)7-5-16(15)13-26/h3-8,10,12,14H,9,11,13H2,1-2H3. The topological polar surface area (TPSA) is 64.7 Å². The molecule has 0 saturated carbocycles. The second-order valence-corrected chi connectivity index (χ2v) is 7.29. The molecule has 0 aliphatic carbocycles. The van der Waals surface area contributed by atoms with Crippen LogP contribution in [-0.2, 0) is 20.0 Å². The lowest BCUT2D eigenvalue weighted by molar-refractivity contribution is 0.0734. The Morgan fingerprint density at radius 2 is 2.00 bits per heavy atom.